The number of carbonyl (C=O) groups excluding carboxylic acids is 1. The molecule has 0 aromatic carbocycles. The standard InChI is InChI=1S/C8H13NO3.Na/c10-8(11)7-2-1-3-9(7)6-4-12-5-6;/h6-7H,1-5H2,(H,10,11);/q;+1/p-1/t7-;/m0./s1. The summed E-state index contributed by atoms with van der Waals surface area (Å²) in [5.74, 6) is -0.931. The molecule has 2 rings (SSSR count). The first kappa shape index (κ1) is 11.5. The average molecular weight is 193 g/mol. The minimum absolute atomic E-state index is 0. The van der Waals surface area contributed by atoms with Gasteiger partial charge in [0.1, 0.15) is 0 Å². The minimum Gasteiger partial charge on any atom is -0.548 e. The molecule has 0 spiro atoms. The van der Waals surface area contributed by atoms with Crippen molar-refractivity contribution in [1.29, 1.82) is 0 Å². The molecule has 0 unspecified atom stereocenters. The van der Waals surface area contributed by atoms with Gasteiger partial charge in [-0.05, 0) is 19.4 Å². The molecule has 2 heterocycles. The molecule has 4 nitrogen and oxygen atoms in total. The molecule has 2 aliphatic rings. The summed E-state index contributed by atoms with van der Waals surface area (Å²) in [5.41, 5.74) is 0. The van der Waals surface area contributed by atoms with Crippen molar-refractivity contribution in [2.24, 2.45) is 0 Å². The summed E-state index contributed by atoms with van der Waals surface area (Å²) >= 11 is 0. The van der Waals surface area contributed by atoms with Gasteiger partial charge in [-0.3, -0.25) is 4.90 Å². The Labute approximate surface area is 99.5 Å². The van der Waals surface area contributed by atoms with Crippen molar-refractivity contribution >= 4 is 5.97 Å². The molecule has 0 amide bonds. The van der Waals surface area contributed by atoms with Crippen LogP contribution in [0.1, 0.15) is 12.8 Å². The Hall–Kier alpha value is 0.390. The van der Waals surface area contributed by atoms with Crippen LogP contribution < -0.4 is 34.7 Å². The second kappa shape index (κ2) is 4.75. The van der Waals surface area contributed by atoms with E-state index < -0.39 is 5.97 Å². The molecule has 0 aliphatic carbocycles. The predicted molar refractivity (Wildman–Crippen MR) is 39.3 cm³/mol. The van der Waals surface area contributed by atoms with Gasteiger partial charge in [-0.1, -0.05) is 0 Å². The monoisotopic (exact) mass is 193 g/mol. The second-order valence-corrected chi connectivity index (χ2v) is 3.41. The maximum atomic E-state index is 10.7. The van der Waals surface area contributed by atoms with Crippen LogP contribution in [0.25, 0.3) is 0 Å². The van der Waals surface area contributed by atoms with Crippen molar-refractivity contribution in [3.05, 3.63) is 0 Å². The molecule has 2 fully saturated rings. The summed E-state index contributed by atoms with van der Waals surface area (Å²) in [6, 6.07) is -0.0331. The molecule has 0 saturated carbocycles. The van der Waals surface area contributed by atoms with Crippen molar-refractivity contribution in [3.8, 4) is 0 Å². The van der Waals surface area contributed by atoms with E-state index in [1.54, 1.807) is 0 Å². The maximum Gasteiger partial charge on any atom is 1.00 e. The van der Waals surface area contributed by atoms with E-state index in [1.165, 1.54) is 0 Å². The average Bonchev–Trinajstić information content (AvgIpc) is 2.31. The zero-order valence-corrected chi connectivity index (χ0v) is 9.86. The van der Waals surface area contributed by atoms with Crippen LogP contribution in [0.4, 0.5) is 0 Å². The van der Waals surface area contributed by atoms with Crippen LogP contribution >= 0.6 is 0 Å². The Morgan fingerprint density at radius 1 is 1.46 bits per heavy atom. The fourth-order valence-electron chi connectivity index (χ4n) is 1.89. The molecular formula is C8H12NNaO3. The summed E-state index contributed by atoms with van der Waals surface area (Å²) < 4.78 is 5.02. The Morgan fingerprint density at radius 3 is 2.62 bits per heavy atom. The summed E-state index contributed by atoms with van der Waals surface area (Å²) in [6.45, 7) is 2.25. The van der Waals surface area contributed by atoms with Gasteiger partial charge in [-0.15, -0.1) is 0 Å². The molecule has 68 valence electrons. The topological polar surface area (TPSA) is 52.6 Å². The normalized spacial score (nSPS) is 29.4. The van der Waals surface area contributed by atoms with Crippen molar-refractivity contribution < 1.29 is 44.2 Å². The molecular weight excluding hydrogens is 181 g/mol. The summed E-state index contributed by atoms with van der Waals surface area (Å²) in [5, 5.41) is 10.7. The number of aliphatic carboxylic acids is 1. The summed E-state index contributed by atoms with van der Waals surface area (Å²) in [7, 11) is 0. The van der Waals surface area contributed by atoms with Crippen LogP contribution in [-0.2, 0) is 9.53 Å². The number of hydrogen-bond acceptors (Lipinski definition) is 4. The molecule has 0 bridgehead atoms. The largest absolute Gasteiger partial charge is 1.00 e. The zero-order chi connectivity index (χ0) is 8.55. The minimum atomic E-state index is -0.931. The smallest absolute Gasteiger partial charge is 0.548 e. The molecule has 0 aromatic heterocycles. The number of ether oxygens (including phenoxy) is 1. The first-order valence-corrected chi connectivity index (χ1v) is 4.33. The molecule has 0 aromatic rings. The van der Waals surface area contributed by atoms with E-state index in [0.29, 0.717) is 19.3 Å². The molecule has 13 heavy (non-hydrogen) atoms. The first-order valence-electron chi connectivity index (χ1n) is 4.33. The van der Waals surface area contributed by atoms with Gasteiger partial charge in [-0.2, -0.15) is 0 Å². The van der Waals surface area contributed by atoms with E-state index >= 15 is 0 Å². The Morgan fingerprint density at radius 2 is 2.15 bits per heavy atom. The molecule has 1 atom stereocenters. The molecule has 5 heteroatoms. The van der Waals surface area contributed by atoms with E-state index in [-0.39, 0.29) is 35.6 Å². The third-order valence-electron chi connectivity index (χ3n) is 2.66. The van der Waals surface area contributed by atoms with Gasteiger partial charge in [0, 0.05) is 6.04 Å². The summed E-state index contributed by atoms with van der Waals surface area (Å²) in [6.07, 6.45) is 1.70. The number of hydrogen-bond donors (Lipinski definition) is 0. The second-order valence-electron chi connectivity index (χ2n) is 3.41. The number of likely N-dealkylation sites (tertiary alicyclic amines) is 1. The van der Waals surface area contributed by atoms with Crippen LogP contribution in [0.2, 0.25) is 0 Å². The van der Waals surface area contributed by atoms with Crippen LogP contribution in [0.5, 0.6) is 0 Å². The Bertz CT molecular complexity index is 196. The van der Waals surface area contributed by atoms with E-state index in [9.17, 15) is 9.90 Å². The van der Waals surface area contributed by atoms with Gasteiger partial charge in [0.25, 0.3) is 0 Å². The van der Waals surface area contributed by atoms with Crippen LogP contribution in [-0.4, -0.2) is 42.7 Å². The number of carboxylic acids is 1. The van der Waals surface area contributed by atoms with E-state index in [1.807, 2.05) is 4.90 Å². The van der Waals surface area contributed by atoms with Gasteiger partial charge >= 0.3 is 29.6 Å². The third kappa shape index (κ3) is 2.25. The van der Waals surface area contributed by atoms with Crippen LogP contribution in [0.3, 0.4) is 0 Å². The van der Waals surface area contributed by atoms with Crippen molar-refractivity contribution in [2.75, 3.05) is 19.8 Å². The van der Waals surface area contributed by atoms with Gasteiger partial charge in [0.05, 0.1) is 25.2 Å². The summed E-state index contributed by atoms with van der Waals surface area (Å²) in [4.78, 5) is 12.7. The first-order chi connectivity index (χ1) is 5.79. The predicted octanol–water partition coefficient (Wildman–Crippen LogP) is -4.40. The Balaban J connectivity index is 0.000000845. The molecule has 2 aliphatic heterocycles. The molecule has 0 N–H and O–H groups in total. The van der Waals surface area contributed by atoms with Crippen molar-refractivity contribution in [3.63, 3.8) is 0 Å². The number of rotatable bonds is 2. The maximum absolute atomic E-state index is 10.7. The number of carboxylic acid groups (broad SMARTS) is 1. The molecule has 2 saturated heterocycles. The number of carbonyl (C=O) groups is 1. The fraction of sp³-hybridized carbons (Fsp3) is 0.875. The van der Waals surface area contributed by atoms with Gasteiger partial charge in [0.2, 0.25) is 0 Å². The van der Waals surface area contributed by atoms with Crippen molar-refractivity contribution in [2.45, 2.75) is 24.9 Å². The molecule has 0 radical (unpaired) electrons. The van der Waals surface area contributed by atoms with E-state index in [0.717, 1.165) is 19.4 Å². The number of nitrogens with zero attached hydrogens (tertiary/aromatic N) is 1. The van der Waals surface area contributed by atoms with Crippen LogP contribution in [0, 0.1) is 0 Å². The zero-order valence-electron chi connectivity index (χ0n) is 7.86. The SMILES string of the molecule is O=C([O-])[C@@H]1CCCN1C1COC1.[Na+]. The van der Waals surface area contributed by atoms with Gasteiger partial charge in [-0.25, -0.2) is 0 Å². The van der Waals surface area contributed by atoms with Crippen molar-refractivity contribution in [1.82, 2.24) is 4.90 Å². The quantitative estimate of drug-likeness (QED) is 0.416. The fourth-order valence-corrected chi connectivity index (χ4v) is 1.89. The third-order valence-corrected chi connectivity index (χ3v) is 2.66. The van der Waals surface area contributed by atoms with E-state index in [4.69, 9.17) is 4.74 Å². The van der Waals surface area contributed by atoms with Gasteiger partial charge in [0.15, 0.2) is 0 Å². The van der Waals surface area contributed by atoms with E-state index in [2.05, 4.69) is 0 Å². The van der Waals surface area contributed by atoms with Crippen LogP contribution in [0.15, 0.2) is 0 Å². The van der Waals surface area contributed by atoms with Gasteiger partial charge < -0.3 is 14.6 Å². The Kier molecular flexibility index (Phi) is 4.19.